The second-order valence-corrected chi connectivity index (χ2v) is 8.22. The van der Waals surface area contributed by atoms with Crippen molar-refractivity contribution in [2.24, 2.45) is 11.7 Å². The summed E-state index contributed by atoms with van der Waals surface area (Å²) in [6, 6.07) is 11.5. The van der Waals surface area contributed by atoms with Crippen LogP contribution in [0.5, 0.6) is 17.2 Å². The number of piperidine rings is 1. The summed E-state index contributed by atoms with van der Waals surface area (Å²) in [4.78, 5) is 26.2. The van der Waals surface area contributed by atoms with Gasteiger partial charge in [0, 0.05) is 25.2 Å². The smallest absolute Gasteiger partial charge is 0.224 e. The van der Waals surface area contributed by atoms with Gasteiger partial charge in [-0.15, -0.1) is 0 Å². The zero-order valence-electron chi connectivity index (χ0n) is 19.6. The topological polar surface area (TPSA) is 103 Å². The number of likely N-dealkylation sites (tertiary alicyclic amines) is 1. The number of nitrogens with one attached hydrogen (secondary N) is 1. The third-order valence-corrected chi connectivity index (χ3v) is 5.96. The van der Waals surface area contributed by atoms with Gasteiger partial charge in [0.15, 0.2) is 11.5 Å². The van der Waals surface area contributed by atoms with Crippen LogP contribution >= 0.6 is 0 Å². The van der Waals surface area contributed by atoms with Gasteiger partial charge >= 0.3 is 0 Å². The van der Waals surface area contributed by atoms with Crippen LogP contribution in [0, 0.1) is 5.92 Å². The Hall–Kier alpha value is -3.26. The van der Waals surface area contributed by atoms with Gasteiger partial charge in [-0.05, 0) is 55.1 Å². The molecule has 1 fully saturated rings. The molecular formula is C25H33N3O5. The summed E-state index contributed by atoms with van der Waals surface area (Å²) in [7, 11) is 4.70. The van der Waals surface area contributed by atoms with Gasteiger partial charge < -0.3 is 25.3 Å². The van der Waals surface area contributed by atoms with Crippen molar-refractivity contribution in [2.75, 3.05) is 39.7 Å². The molecule has 2 aromatic rings. The first-order valence-electron chi connectivity index (χ1n) is 11.1. The fraction of sp³-hybridized carbons (Fsp3) is 0.440. The third kappa shape index (κ3) is 6.38. The molecular weight excluding hydrogens is 422 g/mol. The first kappa shape index (κ1) is 24.4. The van der Waals surface area contributed by atoms with E-state index in [1.165, 1.54) is 0 Å². The summed E-state index contributed by atoms with van der Waals surface area (Å²) in [5.74, 6) is 1.30. The van der Waals surface area contributed by atoms with E-state index >= 15 is 0 Å². The molecule has 0 aliphatic carbocycles. The molecule has 0 bridgehead atoms. The molecule has 1 saturated heterocycles. The Morgan fingerprint density at radius 1 is 1.03 bits per heavy atom. The van der Waals surface area contributed by atoms with Crippen molar-refractivity contribution in [3.05, 3.63) is 47.5 Å². The summed E-state index contributed by atoms with van der Waals surface area (Å²) in [6.45, 7) is 2.42. The number of anilines is 1. The number of aryl methyl sites for hydroxylation is 1. The lowest BCUT2D eigenvalue weighted by Gasteiger charge is -2.31. The maximum Gasteiger partial charge on any atom is 0.224 e. The molecule has 1 aliphatic heterocycles. The van der Waals surface area contributed by atoms with Gasteiger partial charge in [-0.1, -0.05) is 18.2 Å². The fourth-order valence-electron chi connectivity index (χ4n) is 4.21. The van der Waals surface area contributed by atoms with Gasteiger partial charge in [-0.25, -0.2) is 0 Å². The van der Waals surface area contributed by atoms with E-state index in [-0.39, 0.29) is 17.7 Å². The average Bonchev–Trinajstić information content (AvgIpc) is 2.83. The predicted molar refractivity (Wildman–Crippen MR) is 127 cm³/mol. The zero-order chi connectivity index (χ0) is 23.8. The molecule has 0 saturated carbocycles. The summed E-state index contributed by atoms with van der Waals surface area (Å²) in [6.07, 6.45) is 2.65. The number of nitrogens with zero attached hydrogens (tertiary/aromatic N) is 1. The molecule has 1 atom stereocenters. The van der Waals surface area contributed by atoms with Crippen molar-refractivity contribution in [3.8, 4) is 17.2 Å². The summed E-state index contributed by atoms with van der Waals surface area (Å²) in [5.41, 5.74) is 8.22. The normalized spacial score (nSPS) is 16.2. The highest BCUT2D eigenvalue weighted by molar-refractivity contribution is 5.90. The summed E-state index contributed by atoms with van der Waals surface area (Å²) in [5, 5.41) is 2.94. The van der Waals surface area contributed by atoms with Crippen LogP contribution < -0.4 is 25.3 Å². The van der Waals surface area contributed by atoms with E-state index in [0.717, 1.165) is 42.7 Å². The van der Waals surface area contributed by atoms with Crippen LogP contribution in [-0.4, -0.2) is 51.1 Å². The van der Waals surface area contributed by atoms with Crippen molar-refractivity contribution >= 4 is 17.5 Å². The number of carbonyl (C=O) groups excluding carboxylic acids is 2. The molecule has 2 aromatic carbocycles. The highest BCUT2D eigenvalue weighted by Gasteiger charge is 2.23. The molecule has 1 aliphatic rings. The van der Waals surface area contributed by atoms with E-state index in [1.807, 2.05) is 30.3 Å². The van der Waals surface area contributed by atoms with Gasteiger partial charge in [0.05, 0.1) is 27.2 Å². The van der Waals surface area contributed by atoms with Crippen LogP contribution in [0.4, 0.5) is 5.69 Å². The van der Waals surface area contributed by atoms with E-state index in [2.05, 4.69) is 10.2 Å². The van der Waals surface area contributed by atoms with Gasteiger partial charge in [0.25, 0.3) is 0 Å². The minimum Gasteiger partial charge on any atom is -0.493 e. The number of amides is 2. The highest BCUT2D eigenvalue weighted by Crippen LogP contribution is 2.40. The van der Waals surface area contributed by atoms with Crippen LogP contribution in [0.2, 0.25) is 0 Å². The van der Waals surface area contributed by atoms with Crippen molar-refractivity contribution < 1.29 is 23.8 Å². The van der Waals surface area contributed by atoms with Gasteiger partial charge in [-0.2, -0.15) is 0 Å². The average molecular weight is 456 g/mol. The van der Waals surface area contributed by atoms with Crippen molar-refractivity contribution in [1.29, 1.82) is 0 Å². The lowest BCUT2D eigenvalue weighted by Crippen LogP contribution is -2.40. The maximum absolute atomic E-state index is 12.5. The Kier molecular flexibility index (Phi) is 8.54. The van der Waals surface area contributed by atoms with Gasteiger partial charge in [0.2, 0.25) is 17.6 Å². The molecule has 3 rings (SSSR count). The summed E-state index contributed by atoms with van der Waals surface area (Å²) >= 11 is 0. The predicted octanol–water partition coefficient (Wildman–Crippen LogP) is 2.98. The highest BCUT2D eigenvalue weighted by atomic mass is 16.5. The largest absolute Gasteiger partial charge is 0.493 e. The van der Waals surface area contributed by atoms with Crippen LogP contribution in [0.15, 0.2) is 36.4 Å². The van der Waals surface area contributed by atoms with E-state index in [4.69, 9.17) is 19.9 Å². The Morgan fingerprint density at radius 3 is 2.39 bits per heavy atom. The second-order valence-electron chi connectivity index (χ2n) is 8.22. The van der Waals surface area contributed by atoms with Crippen LogP contribution in [0.3, 0.4) is 0 Å². The Balaban J connectivity index is 1.53. The quantitative estimate of drug-likeness (QED) is 0.571. The lowest BCUT2D eigenvalue weighted by molar-refractivity contribution is -0.123. The SMILES string of the molecule is COc1ccc(CCC(=O)Nc2ccc(CN3CCCC(C(N)=O)C3)cc2)c(OC)c1OC. The molecule has 8 nitrogen and oxygen atoms in total. The minimum atomic E-state index is -0.219. The Bertz CT molecular complexity index is 961. The number of nitrogens with two attached hydrogens (primary N) is 1. The number of methoxy groups -OCH3 is 3. The zero-order valence-corrected chi connectivity index (χ0v) is 19.6. The molecule has 1 unspecified atom stereocenters. The molecule has 2 amide bonds. The Morgan fingerprint density at radius 2 is 1.76 bits per heavy atom. The second kappa shape index (κ2) is 11.6. The number of hydrogen-bond donors (Lipinski definition) is 2. The molecule has 0 aromatic heterocycles. The fourth-order valence-corrected chi connectivity index (χ4v) is 4.21. The number of carbonyl (C=O) groups is 2. The molecule has 0 spiro atoms. The number of ether oxygens (including phenoxy) is 3. The van der Waals surface area contributed by atoms with Crippen LogP contribution in [0.1, 0.15) is 30.4 Å². The van der Waals surface area contributed by atoms with Gasteiger partial charge in [-0.3, -0.25) is 14.5 Å². The monoisotopic (exact) mass is 455 g/mol. The first-order valence-corrected chi connectivity index (χ1v) is 11.1. The number of rotatable bonds is 10. The van der Waals surface area contributed by atoms with E-state index in [0.29, 0.717) is 36.6 Å². The van der Waals surface area contributed by atoms with Crippen molar-refractivity contribution in [1.82, 2.24) is 4.90 Å². The van der Waals surface area contributed by atoms with Crippen molar-refractivity contribution in [3.63, 3.8) is 0 Å². The number of primary amides is 1. The number of hydrogen-bond acceptors (Lipinski definition) is 6. The molecule has 0 radical (unpaired) electrons. The van der Waals surface area contributed by atoms with Crippen molar-refractivity contribution in [2.45, 2.75) is 32.2 Å². The molecule has 3 N–H and O–H groups in total. The molecule has 178 valence electrons. The molecule has 33 heavy (non-hydrogen) atoms. The summed E-state index contributed by atoms with van der Waals surface area (Å²) < 4.78 is 16.2. The van der Waals surface area contributed by atoms with E-state index in [1.54, 1.807) is 27.4 Å². The molecule has 1 heterocycles. The standard InChI is InChI=1S/C25H33N3O5/c1-31-21-12-8-18(23(32-2)24(21)33-3)9-13-22(29)27-20-10-6-17(7-11-20)15-28-14-4-5-19(16-28)25(26)30/h6-8,10-12,19H,4-5,9,13-16H2,1-3H3,(H2,26,30)(H,27,29). The maximum atomic E-state index is 12.5. The minimum absolute atomic E-state index is 0.0680. The van der Waals surface area contributed by atoms with Crippen LogP contribution in [-0.2, 0) is 22.6 Å². The van der Waals surface area contributed by atoms with Gasteiger partial charge in [0.1, 0.15) is 0 Å². The van der Waals surface area contributed by atoms with Crippen LogP contribution in [0.25, 0.3) is 0 Å². The van der Waals surface area contributed by atoms with E-state index < -0.39 is 0 Å². The number of benzene rings is 2. The lowest BCUT2D eigenvalue weighted by atomic mass is 9.97. The van der Waals surface area contributed by atoms with E-state index in [9.17, 15) is 9.59 Å². The molecule has 8 heteroatoms. The first-order chi connectivity index (χ1) is 15.9. The third-order valence-electron chi connectivity index (χ3n) is 5.96. The Labute approximate surface area is 195 Å².